The molecule has 2 aromatic carbocycles. The number of fused-ring (bicyclic) bond motifs is 4. The van der Waals surface area contributed by atoms with E-state index in [2.05, 4.69) is 28.5 Å². The highest BCUT2D eigenvalue weighted by atomic mass is 32.1. The van der Waals surface area contributed by atoms with E-state index in [9.17, 15) is 14.7 Å². The lowest BCUT2D eigenvalue weighted by Gasteiger charge is -2.05. The summed E-state index contributed by atoms with van der Waals surface area (Å²) in [5.41, 5.74) is 2.91. The fourth-order valence-corrected chi connectivity index (χ4v) is 5.87. The van der Waals surface area contributed by atoms with Gasteiger partial charge in [0.1, 0.15) is 5.65 Å². The number of aliphatic hydroxyl groups excluding tert-OH is 1. The van der Waals surface area contributed by atoms with Crippen LogP contribution in [-0.2, 0) is 16.1 Å². The molecule has 0 bridgehead atoms. The van der Waals surface area contributed by atoms with Gasteiger partial charge in [-0.25, -0.2) is 4.98 Å². The summed E-state index contributed by atoms with van der Waals surface area (Å²) < 4.78 is 4.05. The van der Waals surface area contributed by atoms with E-state index in [1.807, 2.05) is 47.2 Å². The van der Waals surface area contributed by atoms with Gasteiger partial charge < -0.3 is 9.67 Å². The number of aliphatic hydroxyl groups is 1. The van der Waals surface area contributed by atoms with E-state index < -0.39 is 5.91 Å². The number of nitrogens with one attached hydrogen (secondary N) is 1. The number of amides is 2. The van der Waals surface area contributed by atoms with Crippen LogP contribution >= 0.6 is 11.3 Å². The van der Waals surface area contributed by atoms with E-state index in [-0.39, 0.29) is 12.5 Å². The molecule has 1 aliphatic heterocycles. The molecule has 3 aromatic heterocycles. The Balaban J connectivity index is 1.65. The van der Waals surface area contributed by atoms with Crippen molar-refractivity contribution in [3.8, 4) is 0 Å². The predicted octanol–water partition coefficient (Wildman–Crippen LogP) is 4.35. The van der Waals surface area contributed by atoms with Crippen LogP contribution in [0, 0.1) is 0 Å². The van der Waals surface area contributed by atoms with Crippen LogP contribution in [-0.4, -0.2) is 33.1 Å². The van der Waals surface area contributed by atoms with Gasteiger partial charge in [-0.1, -0.05) is 36.4 Å². The average molecular weight is 454 g/mol. The van der Waals surface area contributed by atoms with Gasteiger partial charge >= 0.3 is 0 Å². The number of carbonyl (C=O) groups is 2. The minimum atomic E-state index is -0.404. The van der Waals surface area contributed by atoms with Crippen molar-refractivity contribution in [2.75, 3.05) is 6.61 Å². The SMILES string of the molecule is O=C1NC(=O)C(c2cccc3c2sc2ccccc23)=C1c1cn(CCCO)c2ncccc12. The van der Waals surface area contributed by atoms with E-state index in [1.54, 1.807) is 17.5 Å². The van der Waals surface area contributed by atoms with Crippen molar-refractivity contribution in [2.24, 2.45) is 0 Å². The third-order valence-corrected chi connectivity index (χ3v) is 7.28. The van der Waals surface area contributed by atoms with Crippen LogP contribution < -0.4 is 5.32 Å². The standard InChI is InChI=1S/C26H19N3O3S/c30-13-5-12-29-14-19(17-9-4-11-27-24(17)29)22-21(25(31)28-26(22)32)18-8-3-7-16-15-6-1-2-10-20(15)33-23(16)18/h1-4,6-11,14,30H,5,12-13H2,(H,28,31,32). The average Bonchev–Trinajstić information content (AvgIpc) is 3.48. The van der Waals surface area contributed by atoms with Gasteiger partial charge in [0, 0.05) is 62.2 Å². The summed E-state index contributed by atoms with van der Waals surface area (Å²) in [6, 6.07) is 17.8. The molecule has 6 rings (SSSR count). The van der Waals surface area contributed by atoms with E-state index in [1.165, 1.54) is 0 Å². The van der Waals surface area contributed by atoms with Crippen LogP contribution in [0.4, 0.5) is 0 Å². The molecule has 0 aliphatic carbocycles. The smallest absolute Gasteiger partial charge is 0.259 e. The number of aromatic nitrogens is 2. The number of thiophene rings is 1. The summed E-state index contributed by atoms with van der Waals surface area (Å²) in [5.74, 6) is -0.793. The van der Waals surface area contributed by atoms with Crippen LogP contribution in [0.15, 0.2) is 67.0 Å². The van der Waals surface area contributed by atoms with Gasteiger partial charge in [0.15, 0.2) is 0 Å². The third-order valence-electron chi connectivity index (χ3n) is 6.07. The van der Waals surface area contributed by atoms with E-state index in [4.69, 9.17) is 0 Å². The van der Waals surface area contributed by atoms with Crippen LogP contribution in [0.3, 0.4) is 0 Å². The Bertz CT molecular complexity index is 1630. The van der Waals surface area contributed by atoms with E-state index in [0.29, 0.717) is 29.7 Å². The Labute approximate surface area is 192 Å². The van der Waals surface area contributed by atoms with Crippen LogP contribution in [0.25, 0.3) is 42.4 Å². The fourth-order valence-electron chi connectivity index (χ4n) is 4.65. The summed E-state index contributed by atoms with van der Waals surface area (Å²) in [5, 5.41) is 14.8. The van der Waals surface area contributed by atoms with Crippen molar-refractivity contribution in [1.29, 1.82) is 0 Å². The summed E-state index contributed by atoms with van der Waals surface area (Å²) in [6.07, 6.45) is 4.14. The number of hydrogen-bond donors (Lipinski definition) is 2. The number of pyridine rings is 1. The topological polar surface area (TPSA) is 84.2 Å². The lowest BCUT2D eigenvalue weighted by atomic mass is 9.95. The molecule has 0 unspecified atom stereocenters. The van der Waals surface area contributed by atoms with E-state index >= 15 is 0 Å². The number of aryl methyl sites for hydroxylation is 1. The fraction of sp³-hybridized carbons (Fsp3) is 0.115. The van der Waals surface area contributed by atoms with Gasteiger partial charge in [-0.3, -0.25) is 14.9 Å². The molecular weight excluding hydrogens is 434 g/mol. The van der Waals surface area contributed by atoms with Gasteiger partial charge in [0.2, 0.25) is 0 Å². The number of imide groups is 1. The van der Waals surface area contributed by atoms with Gasteiger partial charge in [-0.05, 0) is 24.6 Å². The molecule has 162 valence electrons. The Morgan fingerprint density at radius 2 is 1.64 bits per heavy atom. The second-order valence-corrected chi connectivity index (χ2v) is 9.05. The monoisotopic (exact) mass is 453 g/mol. The lowest BCUT2D eigenvalue weighted by molar-refractivity contribution is -0.122. The molecule has 5 aromatic rings. The van der Waals surface area contributed by atoms with Crippen molar-refractivity contribution < 1.29 is 14.7 Å². The zero-order valence-electron chi connectivity index (χ0n) is 17.5. The maximum atomic E-state index is 13.1. The first-order valence-corrected chi connectivity index (χ1v) is 11.5. The second-order valence-electron chi connectivity index (χ2n) is 8.00. The Morgan fingerprint density at radius 3 is 2.48 bits per heavy atom. The van der Waals surface area contributed by atoms with Crippen LogP contribution in [0.1, 0.15) is 17.5 Å². The molecule has 0 saturated heterocycles. The Hall–Kier alpha value is -3.81. The minimum absolute atomic E-state index is 0.0582. The van der Waals surface area contributed by atoms with E-state index in [0.717, 1.165) is 36.8 Å². The highest BCUT2D eigenvalue weighted by molar-refractivity contribution is 7.26. The molecule has 1 aliphatic rings. The molecule has 0 saturated carbocycles. The number of nitrogens with zero attached hydrogens (tertiary/aromatic N) is 2. The van der Waals surface area contributed by atoms with Crippen LogP contribution in [0.2, 0.25) is 0 Å². The zero-order valence-corrected chi connectivity index (χ0v) is 18.4. The Morgan fingerprint density at radius 1 is 0.879 bits per heavy atom. The maximum absolute atomic E-state index is 13.1. The highest BCUT2D eigenvalue weighted by Crippen LogP contribution is 2.42. The largest absolute Gasteiger partial charge is 0.396 e. The van der Waals surface area contributed by atoms with Crippen molar-refractivity contribution in [3.63, 3.8) is 0 Å². The summed E-state index contributed by atoms with van der Waals surface area (Å²) >= 11 is 1.62. The second kappa shape index (κ2) is 7.65. The molecule has 33 heavy (non-hydrogen) atoms. The number of rotatable bonds is 5. The molecule has 7 heteroatoms. The Kier molecular flexibility index (Phi) is 4.60. The van der Waals surface area contributed by atoms with Gasteiger partial charge in [0.25, 0.3) is 11.8 Å². The highest BCUT2D eigenvalue weighted by Gasteiger charge is 2.35. The third kappa shape index (κ3) is 3.01. The molecule has 0 radical (unpaired) electrons. The van der Waals surface area contributed by atoms with Crippen molar-refractivity contribution in [3.05, 3.63) is 78.1 Å². The number of hydrogen-bond acceptors (Lipinski definition) is 5. The van der Waals surface area contributed by atoms with Gasteiger partial charge in [-0.15, -0.1) is 11.3 Å². The zero-order chi connectivity index (χ0) is 22.5. The first-order chi connectivity index (χ1) is 16.2. The molecule has 6 nitrogen and oxygen atoms in total. The molecule has 0 spiro atoms. The molecular formula is C26H19N3O3S. The summed E-state index contributed by atoms with van der Waals surface area (Å²) in [7, 11) is 0. The molecule has 0 atom stereocenters. The molecule has 0 fully saturated rings. The first kappa shape index (κ1) is 19.8. The molecule has 2 amide bonds. The molecule has 2 N–H and O–H groups in total. The summed E-state index contributed by atoms with van der Waals surface area (Å²) in [4.78, 5) is 30.7. The van der Waals surface area contributed by atoms with Crippen molar-refractivity contribution in [1.82, 2.24) is 14.9 Å². The predicted molar refractivity (Wildman–Crippen MR) is 131 cm³/mol. The number of benzene rings is 2. The lowest BCUT2D eigenvalue weighted by Crippen LogP contribution is -2.22. The number of carbonyl (C=O) groups excluding carboxylic acids is 2. The first-order valence-electron chi connectivity index (χ1n) is 10.7. The minimum Gasteiger partial charge on any atom is -0.396 e. The van der Waals surface area contributed by atoms with Gasteiger partial charge in [0.05, 0.1) is 11.1 Å². The maximum Gasteiger partial charge on any atom is 0.259 e. The van der Waals surface area contributed by atoms with Crippen LogP contribution in [0.5, 0.6) is 0 Å². The molecule has 4 heterocycles. The summed E-state index contributed by atoms with van der Waals surface area (Å²) in [6.45, 7) is 0.622. The normalized spacial score (nSPS) is 14.2. The quantitative estimate of drug-likeness (QED) is 0.388. The van der Waals surface area contributed by atoms with Gasteiger partial charge in [-0.2, -0.15) is 0 Å². The van der Waals surface area contributed by atoms with Crippen molar-refractivity contribution in [2.45, 2.75) is 13.0 Å². The van der Waals surface area contributed by atoms with Crippen molar-refractivity contribution >= 4 is 65.5 Å².